The monoisotopic (exact) mass is 630 g/mol. The second-order valence-electron chi connectivity index (χ2n) is 12.0. The van der Waals surface area contributed by atoms with Crippen LogP contribution in [0.15, 0.2) is 200 Å². The minimum atomic E-state index is 0.901. The molecule has 0 unspecified atom stereocenters. The number of hydrogen-bond donors (Lipinski definition) is 0. The van der Waals surface area contributed by atoms with Crippen LogP contribution in [0.1, 0.15) is 29.2 Å². The van der Waals surface area contributed by atoms with Gasteiger partial charge >= 0.3 is 0 Å². The molecule has 49 heavy (non-hydrogen) atoms. The van der Waals surface area contributed by atoms with Crippen molar-refractivity contribution < 1.29 is 0 Å². The third-order valence-corrected chi connectivity index (χ3v) is 8.75. The van der Waals surface area contributed by atoms with Crippen LogP contribution in [0.5, 0.6) is 0 Å². The molecule has 2 nitrogen and oxygen atoms in total. The van der Waals surface area contributed by atoms with Crippen LogP contribution in [-0.4, -0.2) is 0 Å². The van der Waals surface area contributed by atoms with E-state index in [1.165, 1.54) is 27.8 Å². The lowest BCUT2D eigenvalue weighted by atomic mass is 10.0. The molecule has 5 aromatic rings. The summed E-state index contributed by atoms with van der Waals surface area (Å²) in [5, 5.41) is 0. The molecule has 5 aromatic carbocycles. The van der Waals surface area contributed by atoms with Gasteiger partial charge in [-0.15, -0.1) is 5.73 Å². The summed E-state index contributed by atoms with van der Waals surface area (Å²) in [7, 11) is 0. The van der Waals surface area contributed by atoms with Crippen LogP contribution < -0.4 is 9.80 Å². The van der Waals surface area contributed by atoms with Crippen LogP contribution in [0.4, 0.5) is 22.7 Å². The molecule has 0 radical (unpaired) electrons. The molecule has 0 aliphatic heterocycles. The smallest absolute Gasteiger partial charge is 0.0467 e. The number of rotatable bonds is 10. The quantitative estimate of drug-likeness (QED) is 0.0844. The number of para-hydroxylation sites is 2. The van der Waals surface area contributed by atoms with Gasteiger partial charge in [-0.1, -0.05) is 110 Å². The van der Waals surface area contributed by atoms with Crippen molar-refractivity contribution in [3.05, 3.63) is 222 Å². The molecule has 0 heterocycles. The van der Waals surface area contributed by atoms with Crippen LogP contribution >= 0.6 is 0 Å². The first-order valence-corrected chi connectivity index (χ1v) is 16.7. The van der Waals surface area contributed by atoms with E-state index in [2.05, 4.69) is 180 Å². The Balaban J connectivity index is 1.12. The van der Waals surface area contributed by atoms with Gasteiger partial charge in [0.25, 0.3) is 0 Å². The normalized spacial score (nSPS) is 13.3. The van der Waals surface area contributed by atoms with Gasteiger partial charge in [0, 0.05) is 34.1 Å². The lowest BCUT2D eigenvalue weighted by Crippen LogP contribution is -2.20. The minimum absolute atomic E-state index is 0.901. The summed E-state index contributed by atoms with van der Waals surface area (Å²) in [6.07, 6.45) is 23.5. The highest BCUT2D eigenvalue weighted by Gasteiger charge is 2.22. The molecule has 0 amide bonds. The molecule has 2 heteroatoms. The van der Waals surface area contributed by atoms with Crippen molar-refractivity contribution >= 4 is 34.9 Å². The molecule has 0 bridgehead atoms. The number of benzene rings is 5. The van der Waals surface area contributed by atoms with Gasteiger partial charge in [-0.05, 0) is 132 Å². The number of anilines is 4. The fraction of sp³-hybridized carbons (Fsp3) is 0.0426. The maximum Gasteiger partial charge on any atom is 0.0467 e. The second kappa shape index (κ2) is 14.6. The number of allylic oxidation sites excluding steroid dienone is 8. The molecule has 2 aliphatic rings. The van der Waals surface area contributed by atoms with E-state index in [0.29, 0.717) is 0 Å². The van der Waals surface area contributed by atoms with Gasteiger partial charge in [0.15, 0.2) is 0 Å². The van der Waals surface area contributed by atoms with Gasteiger partial charge in [0.1, 0.15) is 0 Å². The summed E-state index contributed by atoms with van der Waals surface area (Å²) < 4.78 is 0. The summed E-state index contributed by atoms with van der Waals surface area (Å²) in [5.41, 5.74) is 17.5. The minimum Gasteiger partial charge on any atom is -0.311 e. The van der Waals surface area contributed by atoms with Gasteiger partial charge < -0.3 is 9.80 Å². The Bertz CT molecular complexity index is 2140. The summed E-state index contributed by atoms with van der Waals surface area (Å²) in [5.74, 6) is 0. The van der Waals surface area contributed by atoms with Crippen molar-refractivity contribution in [1.82, 2.24) is 0 Å². The van der Waals surface area contributed by atoms with Gasteiger partial charge in [0.05, 0.1) is 0 Å². The topological polar surface area (TPSA) is 6.48 Å². The molecule has 236 valence electrons. The summed E-state index contributed by atoms with van der Waals surface area (Å²) in [4.78, 5) is 4.56. The van der Waals surface area contributed by atoms with Crippen LogP contribution in [0, 0.1) is 0 Å². The zero-order valence-corrected chi connectivity index (χ0v) is 27.7. The third-order valence-electron chi connectivity index (χ3n) is 8.75. The van der Waals surface area contributed by atoms with E-state index in [0.717, 1.165) is 46.1 Å². The Labute approximate surface area is 290 Å². The number of fused-ring (bicyclic) bond motifs is 3. The first kappa shape index (κ1) is 31.3. The van der Waals surface area contributed by atoms with E-state index in [1.807, 2.05) is 37.3 Å². The Morgan fingerprint density at radius 1 is 0.673 bits per heavy atom. The van der Waals surface area contributed by atoms with E-state index in [4.69, 9.17) is 0 Å². The highest BCUT2D eigenvalue weighted by molar-refractivity contribution is 5.83. The SMILES string of the molecule is C=C/C=C(\C=C/C)N(C1=CC=C=CC=C1)c1ccc2c(c1)Cc1cc(/C=C/c3ccc(N(c4ccccc4)c4ccccc4)cc3)ccc1-2. The van der Waals surface area contributed by atoms with Crippen molar-refractivity contribution in [3.63, 3.8) is 0 Å². The number of hydrogen-bond acceptors (Lipinski definition) is 2. The number of nitrogens with zero attached hydrogens (tertiary/aromatic N) is 2. The summed E-state index contributed by atoms with van der Waals surface area (Å²) in [6, 6.07) is 43.4. The van der Waals surface area contributed by atoms with E-state index in [-0.39, 0.29) is 0 Å². The van der Waals surface area contributed by atoms with E-state index >= 15 is 0 Å². The maximum atomic E-state index is 3.98. The highest BCUT2D eigenvalue weighted by atomic mass is 15.2. The molecular weight excluding hydrogens is 593 g/mol. The van der Waals surface area contributed by atoms with Crippen LogP contribution in [-0.2, 0) is 6.42 Å². The molecule has 0 spiro atoms. The molecule has 0 saturated heterocycles. The maximum absolute atomic E-state index is 3.98. The Morgan fingerprint density at radius 3 is 1.98 bits per heavy atom. The van der Waals surface area contributed by atoms with Crippen molar-refractivity contribution in [2.75, 3.05) is 9.80 Å². The van der Waals surface area contributed by atoms with Crippen molar-refractivity contribution in [3.8, 4) is 11.1 Å². The zero-order valence-electron chi connectivity index (χ0n) is 27.7. The first-order chi connectivity index (χ1) is 24.2. The average molecular weight is 631 g/mol. The lowest BCUT2D eigenvalue weighted by Gasteiger charge is -2.27. The van der Waals surface area contributed by atoms with Crippen molar-refractivity contribution in [2.45, 2.75) is 13.3 Å². The van der Waals surface area contributed by atoms with Gasteiger partial charge in [-0.2, -0.15) is 0 Å². The van der Waals surface area contributed by atoms with E-state index in [1.54, 1.807) is 0 Å². The standard InChI is InChI=1S/C47H38N2/c1-3-15-40(16-4-2)49(43-17-9-5-6-10-18-43)45-30-32-47-39(35-45)34-38-33-37(27-31-46(38)47)24-23-36-25-28-44(29-26-36)48(41-19-11-7-12-20-41)42-21-13-8-14-22-42/h3-5,7-33,35H,1,34H2,2H3/b16-4-,24-23+,40-15+. The Kier molecular flexibility index (Phi) is 9.32. The van der Waals surface area contributed by atoms with Crippen LogP contribution in [0.25, 0.3) is 23.3 Å². The van der Waals surface area contributed by atoms with E-state index in [9.17, 15) is 0 Å². The van der Waals surface area contributed by atoms with Crippen molar-refractivity contribution in [1.29, 1.82) is 0 Å². The molecule has 0 aromatic heterocycles. The summed E-state index contributed by atoms with van der Waals surface area (Å²) in [6.45, 7) is 6.02. The van der Waals surface area contributed by atoms with Gasteiger partial charge in [-0.25, -0.2) is 0 Å². The zero-order chi connectivity index (χ0) is 33.4. The third kappa shape index (κ3) is 6.87. The molecular formula is C47H38N2. The second-order valence-corrected chi connectivity index (χ2v) is 12.0. The lowest BCUT2D eigenvalue weighted by molar-refractivity contribution is 1.13. The molecule has 0 saturated carbocycles. The predicted molar refractivity (Wildman–Crippen MR) is 210 cm³/mol. The molecule has 0 atom stereocenters. The molecule has 0 fully saturated rings. The Morgan fingerprint density at radius 2 is 1.29 bits per heavy atom. The predicted octanol–water partition coefficient (Wildman–Crippen LogP) is 12.5. The van der Waals surface area contributed by atoms with Crippen LogP contribution in [0.3, 0.4) is 0 Å². The van der Waals surface area contributed by atoms with E-state index < -0.39 is 0 Å². The summed E-state index contributed by atoms with van der Waals surface area (Å²) >= 11 is 0. The molecule has 7 rings (SSSR count). The largest absolute Gasteiger partial charge is 0.311 e. The van der Waals surface area contributed by atoms with Crippen LogP contribution in [0.2, 0.25) is 0 Å². The Hall–Kier alpha value is -6.34. The first-order valence-electron chi connectivity index (χ1n) is 16.7. The fourth-order valence-corrected chi connectivity index (χ4v) is 6.53. The molecule has 0 N–H and O–H groups in total. The molecule has 2 aliphatic carbocycles. The average Bonchev–Trinajstić information content (AvgIpc) is 3.29. The highest BCUT2D eigenvalue weighted by Crippen LogP contribution is 2.41. The van der Waals surface area contributed by atoms with Gasteiger partial charge in [-0.3, -0.25) is 0 Å². The van der Waals surface area contributed by atoms with Gasteiger partial charge in [0.2, 0.25) is 0 Å². The fourth-order valence-electron chi connectivity index (χ4n) is 6.53. The van der Waals surface area contributed by atoms with Crippen molar-refractivity contribution in [2.24, 2.45) is 0 Å².